The molecular formula is C26H29N5O. The van der Waals surface area contributed by atoms with Gasteiger partial charge >= 0.3 is 0 Å². The first-order valence-electron chi connectivity index (χ1n) is 11.5. The van der Waals surface area contributed by atoms with E-state index < -0.39 is 0 Å². The van der Waals surface area contributed by atoms with Crippen LogP contribution in [0.1, 0.15) is 35.9 Å². The van der Waals surface area contributed by atoms with E-state index in [0.29, 0.717) is 11.7 Å². The van der Waals surface area contributed by atoms with Crippen molar-refractivity contribution in [1.82, 2.24) is 20.0 Å². The smallest absolute Gasteiger partial charge is 0.226 e. The predicted molar refractivity (Wildman–Crippen MR) is 128 cm³/mol. The lowest BCUT2D eigenvalue weighted by Crippen LogP contribution is -2.34. The molecule has 0 unspecified atom stereocenters. The molecule has 1 N–H and O–H groups in total. The first-order valence-corrected chi connectivity index (χ1v) is 11.5. The summed E-state index contributed by atoms with van der Waals surface area (Å²) in [6.07, 6.45) is 2.87. The maximum atomic E-state index is 5.46. The van der Waals surface area contributed by atoms with Crippen molar-refractivity contribution < 1.29 is 4.52 Å². The highest BCUT2D eigenvalue weighted by Crippen LogP contribution is 2.30. The number of hydrogen-bond donors (Lipinski definition) is 1. The topological polar surface area (TPSA) is 67.1 Å². The molecule has 0 fully saturated rings. The molecule has 3 heterocycles. The first kappa shape index (κ1) is 20.6. The van der Waals surface area contributed by atoms with Crippen LogP contribution < -0.4 is 5.32 Å². The molecule has 0 radical (unpaired) electrons. The number of aryl methyl sites for hydroxylation is 2. The van der Waals surface area contributed by atoms with E-state index in [1.165, 1.54) is 11.1 Å². The fraction of sp³-hybridized carbons (Fsp3) is 0.346. The zero-order valence-electron chi connectivity index (χ0n) is 18.8. The number of fused-ring (bicyclic) bond motifs is 2. The van der Waals surface area contributed by atoms with Crippen LogP contribution in [0.15, 0.2) is 53.1 Å². The Labute approximate surface area is 188 Å². The zero-order chi connectivity index (χ0) is 21.9. The van der Waals surface area contributed by atoms with E-state index in [1.807, 2.05) is 0 Å². The van der Waals surface area contributed by atoms with Crippen molar-refractivity contribution >= 4 is 16.7 Å². The number of para-hydroxylation sites is 1. The molecule has 4 aromatic rings. The Kier molecular flexibility index (Phi) is 5.86. The highest BCUT2D eigenvalue weighted by Gasteiger charge is 2.18. The maximum Gasteiger partial charge on any atom is 0.226 e. The summed E-state index contributed by atoms with van der Waals surface area (Å²) in [5, 5.41) is 8.89. The molecule has 2 aromatic heterocycles. The van der Waals surface area contributed by atoms with E-state index in [-0.39, 0.29) is 0 Å². The molecular weight excluding hydrogens is 398 g/mol. The molecule has 5 rings (SSSR count). The minimum absolute atomic E-state index is 0.596. The zero-order valence-corrected chi connectivity index (χ0v) is 18.8. The van der Waals surface area contributed by atoms with E-state index >= 15 is 0 Å². The van der Waals surface area contributed by atoms with Gasteiger partial charge in [-0.1, -0.05) is 54.5 Å². The largest absolute Gasteiger partial charge is 0.368 e. The van der Waals surface area contributed by atoms with Crippen LogP contribution in [0.3, 0.4) is 0 Å². The second-order valence-corrected chi connectivity index (χ2v) is 8.51. The van der Waals surface area contributed by atoms with Gasteiger partial charge in [-0.25, -0.2) is 4.98 Å². The Morgan fingerprint density at radius 2 is 1.94 bits per heavy atom. The van der Waals surface area contributed by atoms with Gasteiger partial charge in [0.2, 0.25) is 11.7 Å². The van der Waals surface area contributed by atoms with Gasteiger partial charge in [-0.3, -0.25) is 4.90 Å². The number of rotatable bonds is 7. The third-order valence-electron chi connectivity index (χ3n) is 6.15. The van der Waals surface area contributed by atoms with Gasteiger partial charge in [0.25, 0.3) is 0 Å². The Morgan fingerprint density at radius 3 is 2.81 bits per heavy atom. The fourth-order valence-corrected chi connectivity index (χ4v) is 4.41. The summed E-state index contributed by atoms with van der Waals surface area (Å²) in [4.78, 5) is 12.1. The van der Waals surface area contributed by atoms with Crippen LogP contribution in [-0.4, -0.2) is 39.7 Å². The summed E-state index contributed by atoms with van der Waals surface area (Å²) < 4.78 is 5.46. The van der Waals surface area contributed by atoms with Gasteiger partial charge in [-0.2, -0.15) is 4.98 Å². The maximum absolute atomic E-state index is 5.46. The second-order valence-electron chi connectivity index (χ2n) is 8.51. The second kappa shape index (κ2) is 9.09. The van der Waals surface area contributed by atoms with Crippen LogP contribution in [0.4, 0.5) is 5.82 Å². The number of benzene rings is 2. The van der Waals surface area contributed by atoms with Gasteiger partial charge in [0, 0.05) is 38.0 Å². The summed E-state index contributed by atoms with van der Waals surface area (Å²) in [6.45, 7) is 8.04. The normalized spacial score (nSPS) is 13.9. The molecule has 0 spiro atoms. The Hall–Kier alpha value is -3.25. The lowest BCUT2D eigenvalue weighted by Gasteiger charge is -2.28. The minimum atomic E-state index is 0.596. The molecule has 1 aliphatic heterocycles. The van der Waals surface area contributed by atoms with Crippen LogP contribution in [0.25, 0.3) is 22.3 Å². The lowest BCUT2D eigenvalue weighted by atomic mass is 10.00. The van der Waals surface area contributed by atoms with Gasteiger partial charge < -0.3 is 9.84 Å². The van der Waals surface area contributed by atoms with Crippen molar-refractivity contribution in [2.45, 2.75) is 39.7 Å². The van der Waals surface area contributed by atoms with E-state index in [1.54, 1.807) is 0 Å². The Morgan fingerprint density at radius 1 is 1.06 bits per heavy atom. The molecule has 0 aliphatic carbocycles. The van der Waals surface area contributed by atoms with Crippen LogP contribution >= 0.6 is 0 Å². The van der Waals surface area contributed by atoms with Crippen LogP contribution in [-0.2, 0) is 19.4 Å². The minimum Gasteiger partial charge on any atom is -0.368 e. The quantitative estimate of drug-likeness (QED) is 0.447. The van der Waals surface area contributed by atoms with Gasteiger partial charge in [0.15, 0.2) is 0 Å². The molecule has 0 saturated carbocycles. The highest BCUT2D eigenvalue weighted by molar-refractivity contribution is 5.89. The van der Waals surface area contributed by atoms with E-state index in [2.05, 4.69) is 82.7 Å². The SMILES string of the molecule is CCCc1nc(-c2cc3cccc(C)c3nc2NCCN2CCc3ccccc3C2)no1. The van der Waals surface area contributed by atoms with Crippen LogP contribution in [0, 0.1) is 6.92 Å². The molecule has 164 valence electrons. The summed E-state index contributed by atoms with van der Waals surface area (Å²) in [5.41, 5.74) is 5.96. The Balaban J connectivity index is 1.37. The average Bonchev–Trinajstić information content (AvgIpc) is 3.28. The van der Waals surface area contributed by atoms with E-state index in [0.717, 1.165) is 73.3 Å². The number of aromatic nitrogens is 3. The summed E-state index contributed by atoms with van der Waals surface area (Å²) >= 11 is 0. The lowest BCUT2D eigenvalue weighted by molar-refractivity contribution is 0.264. The number of pyridine rings is 1. The number of hydrogen-bond acceptors (Lipinski definition) is 6. The summed E-state index contributed by atoms with van der Waals surface area (Å²) in [7, 11) is 0. The fourth-order valence-electron chi connectivity index (χ4n) is 4.41. The molecule has 0 saturated heterocycles. The molecule has 6 heteroatoms. The van der Waals surface area contributed by atoms with Gasteiger partial charge in [0.05, 0.1) is 11.1 Å². The standard InChI is InChI=1S/C26H29N5O/c1-3-7-23-28-26(30-32-23)22-16-20-11-6-8-18(2)24(20)29-25(22)27-13-15-31-14-12-19-9-4-5-10-21(19)17-31/h4-6,8-11,16H,3,7,12-15,17H2,1-2H3,(H,27,29). The van der Waals surface area contributed by atoms with Crippen molar-refractivity contribution in [3.8, 4) is 11.4 Å². The van der Waals surface area contributed by atoms with Gasteiger partial charge in [-0.15, -0.1) is 0 Å². The first-order chi connectivity index (χ1) is 15.7. The molecule has 6 nitrogen and oxygen atoms in total. The molecule has 2 aromatic carbocycles. The Bertz CT molecular complexity index is 1230. The molecule has 1 aliphatic rings. The van der Waals surface area contributed by atoms with Crippen molar-refractivity contribution in [2.75, 3.05) is 25.0 Å². The van der Waals surface area contributed by atoms with Gasteiger partial charge in [0.1, 0.15) is 5.82 Å². The summed E-state index contributed by atoms with van der Waals surface area (Å²) in [6, 6.07) is 17.1. The third-order valence-corrected chi connectivity index (χ3v) is 6.15. The third kappa shape index (κ3) is 4.23. The molecule has 0 bridgehead atoms. The molecule has 32 heavy (non-hydrogen) atoms. The number of nitrogens with one attached hydrogen (secondary N) is 1. The van der Waals surface area contributed by atoms with Crippen molar-refractivity contribution in [3.05, 3.63) is 71.1 Å². The van der Waals surface area contributed by atoms with Crippen molar-refractivity contribution in [1.29, 1.82) is 0 Å². The van der Waals surface area contributed by atoms with Gasteiger partial charge in [-0.05, 0) is 42.5 Å². The highest BCUT2D eigenvalue weighted by atomic mass is 16.5. The van der Waals surface area contributed by atoms with Crippen molar-refractivity contribution in [3.63, 3.8) is 0 Å². The molecule has 0 atom stereocenters. The van der Waals surface area contributed by atoms with Crippen molar-refractivity contribution in [2.24, 2.45) is 0 Å². The number of nitrogens with zero attached hydrogens (tertiary/aromatic N) is 4. The van der Waals surface area contributed by atoms with Crippen LogP contribution in [0.5, 0.6) is 0 Å². The monoisotopic (exact) mass is 427 g/mol. The predicted octanol–water partition coefficient (Wildman–Crippen LogP) is 5.02. The average molecular weight is 428 g/mol. The van der Waals surface area contributed by atoms with E-state index in [4.69, 9.17) is 9.51 Å². The van der Waals surface area contributed by atoms with Crippen LogP contribution in [0.2, 0.25) is 0 Å². The summed E-state index contributed by atoms with van der Waals surface area (Å²) in [5.74, 6) is 2.08. The number of anilines is 1. The van der Waals surface area contributed by atoms with E-state index in [9.17, 15) is 0 Å². The molecule has 0 amide bonds.